The van der Waals surface area contributed by atoms with E-state index in [1.54, 1.807) is 55.9 Å². The summed E-state index contributed by atoms with van der Waals surface area (Å²) in [5.74, 6) is -1.02. The van der Waals surface area contributed by atoms with Gasteiger partial charge in [0, 0.05) is 69.3 Å². The predicted molar refractivity (Wildman–Crippen MR) is 235 cm³/mol. The monoisotopic (exact) mass is 888 g/mol. The second-order valence-corrected chi connectivity index (χ2v) is 17.8. The number of piperidine rings is 1. The number of ether oxygens (including phenoxy) is 1. The van der Waals surface area contributed by atoms with Gasteiger partial charge in [-0.1, -0.05) is 19.0 Å². The minimum Gasteiger partial charge on any atom is -0.443 e. The molecule has 4 aromatic heterocycles. The van der Waals surface area contributed by atoms with Crippen molar-refractivity contribution in [1.29, 1.82) is 0 Å². The van der Waals surface area contributed by atoms with Crippen LogP contribution in [0.25, 0.3) is 17.2 Å². The minimum absolute atomic E-state index is 0.0284. The van der Waals surface area contributed by atoms with Gasteiger partial charge in [-0.3, -0.25) is 29.0 Å². The van der Waals surface area contributed by atoms with Crippen LogP contribution in [0, 0.1) is 12.3 Å². The van der Waals surface area contributed by atoms with Gasteiger partial charge in [-0.15, -0.1) is 0 Å². The molecule has 20 heteroatoms. The Labute approximate surface area is 374 Å². The number of carbonyl (C=O) groups excluding carboxylic acids is 6. The van der Waals surface area contributed by atoms with Gasteiger partial charge in [0.1, 0.15) is 11.7 Å². The number of anilines is 3. The summed E-state index contributed by atoms with van der Waals surface area (Å²) in [7, 11) is 0. The smallest absolute Gasteiger partial charge is 0.323 e. The number of nitrogens with one attached hydrogen (secondary N) is 2. The SMILES string of the molecule is Cc1cc(NC(=O)Nc2cnc3ccnn3c2C(C)C)cnc1-c1noc(CCCC(=O)N2CCN(c3ccc4c(c3)CN(C3CCC(=O)N(COC(=O)C(C)(C)C)C3=O)C4=O)CC2)n1. The Balaban J connectivity index is 0.788. The van der Waals surface area contributed by atoms with E-state index in [4.69, 9.17) is 9.26 Å². The van der Waals surface area contributed by atoms with Crippen LogP contribution in [-0.2, 0) is 36.9 Å². The molecule has 65 heavy (non-hydrogen) atoms. The highest BCUT2D eigenvalue weighted by atomic mass is 16.5. The van der Waals surface area contributed by atoms with Crippen molar-refractivity contribution in [3.8, 4) is 11.5 Å². The summed E-state index contributed by atoms with van der Waals surface area (Å²) in [6.07, 6.45) is 6.27. The van der Waals surface area contributed by atoms with Gasteiger partial charge in [-0.25, -0.2) is 19.2 Å². The Hall–Kier alpha value is -7.25. The van der Waals surface area contributed by atoms with Gasteiger partial charge >= 0.3 is 12.0 Å². The van der Waals surface area contributed by atoms with Crippen molar-refractivity contribution in [1.82, 2.24) is 44.4 Å². The molecule has 0 aliphatic carbocycles. The number of aryl methyl sites for hydroxylation is 2. The first-order valence-electron chi connectivity index (χ1n) is 21.7. The molecule has 2 N–H and O–H groups in total. The Bertz CT molecular complexity index is 2680. The Morgan fingerprint density at radius 3 is 2.51 bits per heavy atom. The third-order valence-corrected chi connectivity index (χ3v) is 11.8. The first kappa shape index (κ1) is 44.4. The molecular formula is C45H52N12O8. The van der Waals surface area contributed by atoms with Gasteiger partial charge in [0.15, 0.2) is 12.4 Å². The molecule has 7 heterocycles. The van der Waals surface area contributed by atoms with Crippen LogP contribution in [0.4, 0.5) is 21.9 Å². The molecule has 1 unspecified atom stereocenters. The third kappa shape index (κ3) is 9.37. The molecule has 0 saturated carbocycles. The minimum atomic E-state index is -0.848. The second kappa shape index (κ2) is 18.1. The Kier molecular flexibility index (Phi) is 12.3. The number of urea groups is 1. The van der Waals surface area contributed by atoms with Crippen molar-refractivity contribution < 1.29 is 38.0 Å². The van der Waals surface area contributed by atoms with Crippen molar-refractivity contribution in [3.05, 3.63) is 77.2 Å². The fraction of sp³-hybridized carbons (Fsp3) is 0.444. The highest BCUT2D eigenvalue weighted by molar-refractivity contribution is 6.05. The maximum Gasteiger partial charge on any atom is 0.323 e. The number of fused-ring (bicyclic) bond motifs is 2. The summed E-state index contributed by atoms with van der Waals surface area (Å²) in [6.45, 7) is 12.9. The predicted octanol–water partition coefficient (Wildman–Crippen LogP) is 4.94. The molecule has 20 nitrogen and oxygen atoms in total. The summed E-state index contributed by atoms with van der Waals surface area (Å²) in [5, 5.41) is 14.1. The van der Waals surface area contributed by atoms with Crippen LogP contribution < -0.4 is 15.5 Å². The number of pyridine rings is 1. The molecule has 0 radical (unpaired) electrons. The van der Waals surface area contributed by atoms with Crippen LogP contribution in [0.2, 0.25) is 0 Å². The maximum absolute atomic E-state index is 13.5. The zero-order valence-electron chi connectivity index (χ0n) is 37.3. The van der Waals surface area contributed by atoms with E-state index in [0.717, 1.165) is 27.4 Å². The van der Waals surface area contributed by atoms with Gasteiger partial charge in [0.2, 0.25) is 23.5 Å². The lowest BCUT2D eigenvalue weighted by Crippen LogP contribution is -2.55. The number of hydrogen-bond acceptors (Lipinski definition) is 14. The Morgan fingerprint density at radius 1 is 0.985 bits per heavy atom. The summed E-state index contributed by atoms with van der Waals surface area (Å²) in [6, 6.07) is 7.87. The molecule has 0 bridgehead atoms. The van der Waals surface area contributed by atoms with Gasteiger partial charge in [-0.05, 0) is 81.8 Å². The zero-order valence-corrected chi connectivity index (χ0v) is 37.3. The molecule has 3 aliphatic rings. The number of nitrogens with zero attached hydrogens (tertiary/aromatic N) is 10. The van der Waals surface area contributed by atoms with Crippen molar-refractivity contribution in [2.24, 2.45) is 5.41 Å². The second-order valence-electron chi connectivity index (χ2n) is 17.8. The van der Waals surface area contributed by atoms with E-state index in [-0.39, 0.29) is 37.1 Å². The van der Waals surface area contributed by atoms with E-state index in [1.807, 2.05) is 37.8 Å². The van der Waals surface area contributed by atoms with Gasteiger partial charge in [0.05, 0.1) is 41.1 Å². The van der Waals surface area contributed by atoms with Crippen molar-refractivity contribution >= 4 is 58.3 Å². The number of carbonyl (C=O) groups is 6. The maximum atomic E-state index is 13.5. The average molecular weight is 889 g/mol. The molecule has 0 spiro atoms. The summed E-state index contributed by atoms with van der Waals surface area (Å²) in [4.78, 5) is 97.9. The Morgan fingerprint density at radius 2 is 1.77 bits per heavy atom. The number of likely N-dealkylation sites (tertiary alicyclic amines) is 1. The van der Waals surface area contributed by atoms with Crippen LogP contribution in [-0.4, -0.2) is 119 Å². The lowest BCUT2D eigenvalue weighted by molar-refractivity contribution is -0.168. The quantitative estimate of drug-likeness (QED) is 0.125. The number of benzene rings is 1. The first-order valence-corrected chi connectivity index (χ1v) is 21.7. The van der Waals surface area contributed by atoms with Crippen LogP contribution in [0.3, 0.4) is 0 Å². The third-order valence-electron chi connectivity index (χ3n) is 11.8. The first-order chi connectivity index (χ1) is 31.0. The number of amides is 6. The molecule has 2 saturated heterocycles. The van der Waals surface area contributed by atoms with Crippen LogP contribution in [0.1, 0.15) is 99.3 Å². The lowest BCUT2D eigenvalue weighted by atomic mass is 9.97. The zero-order chi connectivity index (χ0) is 46.2. The van der Waals surface area contributed by atoms with Crippen LogP contribution in [0.5, 0.6) is 0 Å². The molecule has 5 aromatic rings. The molecular weight excluding hydrogens is 837 g/mol. The number of esters is 1. The standard InChI is InChI=1S/C45H52N12O8/c1-26(2)39-32(23-46-34-14-15-48-57(34)39)50-44(63)49-29-20-27(3)38(47-22-29)40-51-35(65-52-40)8-7-9-36(58)54-18-16-53(17-19-54)30-10-11-31-28(21-30)24-55(41(31)60)33-12-13-37(59)56(42(33)61)25-64-43(62)45(4,5)6/h10-11,14-15,20-23,26,33H,7-9,12-13,16-19,24-25H2,1-6H3,(H2,49,50,63). The van der Waals surface area contributed by atoms with Crippen molar-refractivity contribution in [2.75, 3.05) is 48.4 Å². The number of piperazine rings is 1. The summed E-state index contributed by atoms with van der Waals surface area (Å²) >= 11 is 0. The molecule has 1 aromatic carbocycles. The fourth-order valence-corrected chi connectivity index (χ4v) is 8.28. The molecule has 1 atom stereocenters. The van der Waals surface area contributed by atoms with Gasteiger partial charge in [0.25, 0.3) is 11.8 Å². The highest BCUT2D eigenvalue weighted by Crippen LogP contribution is 2.33. The number of hydrogen-bond donors (Lipinski definition) is 2. The van der Waals surface area contributed by atoms with E-state index in [9.17, 15) is 28.8 Å². The highest BCUT2D eigenvalue weighted by Gasteiger charge is 2.43. The molecule has 8 rings (SSSR count). The van der Waals surface area contributed by atoms with Gasteiger partial charge < -0.3 is 34.6 Å². The van der Waals surface area contributed by atoms with E-state index in [1.165, 1.54) is 11.1 Å². The average Bonchev–Trinajstić information content (AvgIpc) is 4.02. The summed E-state index contributed by atoms with van der Waals surface area (Å²) < 4.78 is 12.5. The largest absolute Gasteiger partial charge is 0.443 e. The number of aromatic nitrogens is 6. The van der Waals surface area contributed by atoms with E-state index in [0.29, 0.717) is 85.4 Å². The molecule has 2 fully saturated rings. The normalized spacial score (nSPS) is 16.7. The van der Waals surface area contributed by atoms with Crippen molar-refractivity contribution in [2.45, 2.75) is 92.2 Å². The molecule has 3 aliphatic heterocycles. The lowest BCUT2D eigenvalue weighted by Gasteiger charge is -2.36. The molecule has 6 amide bonds. The van der Waals surface area contributed by atoms with Gasteiger partial charge in [-0.2, -0.15) is 10.1 Å². The van der Waals surface area contributed by atoms with E-state index in [2.05, 4.69) is 40.7 Å². The van der Waals surface area contributed by atoms with Crippen LogP contribution in [0.15, 0.2) is 53.4 Å². The topological polar surface area (TPSA) is 231 Å². The van der Waals surface area contributed by atoms with E-state index < -0.39 is 42.0 Å². The van der Waals surface area contributed by atoms with E-state index >= 15 is 0 Å². The number of imide groups is 1. The molecule has 340 valence electrons. The van der Waals surface area contributed by atoms with Crippen molar-refractivity contribution in [3.63, 3.8) is 0 Å². The fourth-order valence-electron chi connectivity index (χ4n) is 8.28. The summed E-state index contributed by atoms with van der Waals surface area (Å²) in [5.41, 5.74) is 5.17. The van der Waals surface area contributed by atoms with Crippen LogP contribution >= 0.6 is 0 Å². The number of rotatable bonds is 12.